The lowest BCUT2D eigenvalue weighted by Crippen LogP contribution is -2.56. The van der Waals surface area contributed by atoms with E-state index in [2.05, 4.69) is 5.32 Å². The lowest BCUT2D eigenvalue weighted by Gasteiger charge is -2.32. The van der Waals surface area contributed by atoms with E-state index in [1.165, 1.54) is 21.9 Å². The Morgan fingerprint density at radius 3 is 2.15 bits per heavy atom. The summed E-state index contributed by atoms with van der Waals surface area (Å²) < 4.78 is 0. The second-order valence-corrected chi connectivity index (χ2v) is 10.4. The Bertz CT molecular complexity index is 1170. The number of benzene rings is 2. The molecule has 4 atom stereocenters. The Hall–Kier alpha value is -3.92. The third-order valence-electron chi connectivity index (χ3n) is 7.44. The maximum Gasteiger partial charge on any atom is 0.326 e. The first-order valence-corrected chi connectivity index (χ1v) is 13.4. The minimum Gasteiger partial charge on any atom is -0.508 e. The van der Waals surface area contributed by atoms with Gasteiger partial charge < -0.3 is 31.1 Å². The van der Waals surface area contributed by atoms with Gasteiger partial charge in [0.05, 0.1) is 0 Å². The van der Waals surface area contributed by atoms with Gasteiger partial charge in [-0.1, -0.05) is 42.5 Å². The molecule has 5 N–H and O–H groups in total. The van der Waals surface area contributed by atoms with Gasteiger partial charge in [-0.15, -0.1) is 0 Å². The molecule has 2 heterocycles. The molecule has 208 valence electrons. The molecule has 2 aromatic carbocycles. The summed E-state index contributed by atoms with van der Waals surface area (Å²) in [6.07, 6.45) is 2.73. The van der Waals surface area contributed by atoms with Crippen LogP contribution >= 0.6 is 0 Å². The van der Waals surface area contributed by atoms with E-state index in [0.29, 0.717) is 45.2 Å². The van der Waals surface area contributed by atoms with Crippen LogP contribution in [0.1, 0.15) is 43.2 Å². The Labute approximate surface area is 227 Å². The molecule has 2 fully saturated rings. The highest BCUT2D eigenvalue weighted by atomic mass is 16.4. The van der Waals surface area contributed by atoms with Crippen LogP contribution in [0.4, 0.5) is 0 Å². The summed E-state index contributed by atoms with van der Waals surface area (Å²) in [6.45, 7) is 0.692. The average Bonchev–Trinajstić information content (AvgIpc) is 3.60. The second kappa shape index (κ2) is 12.8. The number of phenols is 1. The molecule has 2 aromatic rings. The van der Waals surface area contributed by atoms with Crippen LogP contribution in [0.15, 0.2) is 54.6 Å². The molecule has 39 heavy (non-hydrogen) atoms. The number of hydrogen-bond donors (Lipinski definition) is 4. The maximum absolute atomic E-state index is 13.8. The smallest absolute Gasteiger partial charge is 0.326 e. The molecule has 0 aliphatic carbocycles. The average molecular weight is 537 g/mol. The third kappa shape index (κ3) is 7.14. The number of carboxylic acids is 1. The van der Waals surface area contributed by atoms with Crippen LogP contribution in [0, 0.1) is 0 Å². The van der Waals surface area contributed by atoms with Crippen LogP contribution in [-0.4, -0.2) is 81.0 Å². The van der Waals surface area contributed by atoms with E-state index in [1.54, 1.807) is 12.1 Å². The molecule has 0 saturated carbocycles. The quantitative estimate of drug-likeness (QED) is 0.358. The highest BCUT2D eigenvalue weighted by Gasteiger charge is 2.43. The van der Waals surface area contributed by atoms with E-state index < -0.39 is 36.0 Å². The SMILES string of the molecule is NC(CC(=O)N[C@@H](Cc1ccc(O)cc1)C(=O)N1CCC[C@H]1C(=O)N1CCC[C@H]1C(=O)O)Cc1ccccc1. The zero-order valence-electron chi connectivity index (χ0n) is 21.9. The Kier molecular flexibility index (Phi) is 9.19. The molecule has 3 amide bonds. The van der Waals surface area contributed by atoms with Gasteiger partial charge >= 0.3 is 5.97 Å². The minimum absolute atomic E-state index is 0.0185. The van der Waals surface area contributed by atoms with E-state index in [0.717, 1.165) is 11.1 Å². The fraction of sp³-hybridized carbons (Fsp3) is 0.448. The lowest BCUT2D eigenvalue weighted by atomic mass is 10.0. The predicted molar refractivity (Wildman–Crippen MR) is 144 cm³/mol. The van der Waals surface area contributed by atoms with Crippen LogP contribution < -0.4 is 11.1 Å². The van der Waals surface area contributed by atoms with Crippen molar-refractivity contribution in [3.63, 3.8) is 0 Å². The molecule has 10 nitrogen and oxygen atoms in total. The standard InChI is InChI=1S/C29H36N4O6/c30-21(16-19-6-2-1-3-7-19)18-26(35)31-23(17-20-10-12-22(34)13-11-20)27(36)32-14-4-8-24(32)28(37)33-15-5-9-25(33)29(38)39/h1-3,6-7,10-13,21,23-25,34H,4-5,8-9,14-18,30H2,(H,31,35)(H,38,39)/t21?,23-,24-,25-/m0/s1. The maximum atomic E-state index is 13.8. The van der Waals surface area contributed by atoms with Crippen LogP contribution in [-0.2, 0) is 32.0 Å². The van der Waals surface area contributed by atoms with Crippen molar-refractivity contribution in [2.24, 2.45) is 5.73 Å². The number of carboxylic acid groups (broad SMARTS) is 1. The normalized spacial score (nSPS) is 20.4. The van der Waals surface area contributed by atoms with Gasteiger partial charge in [0, 0.05) is 32.0 Å². The van der Waals surface area contributed by atoms with Gasteiger partial charge in [-0.25, -0.2) is 4.79 Å². The molecular formula is C29H36N4O6. The summed E-state index contributed by atoms with van der Waals surface area (Å²) in [5.41, 5.74) is 7.97. The number of hydrogen-bond acceptors (Lipinski definition) is 6. The number of nitrogens with zero attached hydrogens (tertiary/aromatic N) is 2. The summed E-state index contributed by atoms with van der Waals surface area (Å²) in [5.74, 6) is -2.08. The van der Waals surface area contributed by atoms with Gasteiger partial charge in [0.25, 0.3) is 0 Å². The number of nitrogens with two attached hydrogens (primary N) is 1. The molecule has 2 aliphatic rings. The predicted octanol–water partition coefficient (Wildman–Crippen LogP) is 1.45. The third-order valence-corrected chi connectivity index (χ3v) is 7.44. The van der Waals surface area contributed by atoms with Gasteiger partial charge in [-0.05, 0) is 55.4 Å². The first kappa shape index (κ1) is 28.1. The number of likely N-dealkylation sites (tertiary alicyclic amines) is 2. The molecule has 0 aromatic heterocycles. The van der Waals surface area contributed by atoms with Crippen LogP contribution in [0.2, 0.25) is 0 Å². The molecule has 0 radical (unpaired) electrons. The number of nitrogens with one attached hydrogen (secondary N) is 1. The topological polar surface area (TPSA) is 153 Å². The number of amides is 3. The van der Waals surface area contributed by atoms with E-state index in [4.69, 9.17) is 5.73 Å². The van der Waals surface area contributed by atoms with Crippen molar-refractivity contribution in [2.45, 2.75) is 69.1 Å². The summed E-state index contributed by atoms with van der Waals surface area (Å²) >= 11 is 0. The molecule has 2 aliphatic heterocycles. The van der Waals surface area contributed by atoms with E-state index in [9.17, 15) is 29.4 Å². The van der Waals surface area contributed by atoms with Gasteiger partial charge in [-0.3, -0.25) is 14.4 Å². The van der Waals surface area contributed by atoms with Crippen LogP contribution in [0.5, 0.6) is 5.75 Å². The number of carbonyl (C=O) groups excluding carboxylic acids is 3. The van der Waals surface area contributed by atoms with Crippen molar-refractivity contribution in [2.75, 3.05) is 13.1 Å². The Balaban J connectivity index is 1.48. The first-order valence-electron chi connectivity index (χ1n) is 13.4. The number of aliphatic carboxylic acids is 1. The van der Waals surface area contributed by atoms with E-state index in [-0.39, 0.29) is 30.4 Å². The van der Waals surface area contributed by atoms with E-state index in [1.807, 2.05) is 30.3 Å². The highest BCUT2D eigenvalue weighted by Crippen LogP contribution is 2.26. The van der Waals surface area contributed by atoms with Gasteiger partial charge in [0.15, 0.2) is 0 Å². The fourth-order valence-electron chi connectivity index (χ4n) is 5.51. The Morgan fingerprint density at radius 1 is 0.872 bits per heavy atom. The molecule has 10 heteroatoms. The summed E-state index contributed by atoms with van der Waals surface area (Å²) in [6, 6.07) is 12.9. The van der Waals surface area contributed by atoms with Crippen molar-refractivity contribution in [3.05, 3.63) is 65.7 Å². The first-order chi connectivity index (χ1) is 18.7. The molecule has 2 saturated heterocycles. The van der Waals surface area contributed by atoms with Crippen molar-refractivity contribution in [1.29, 1.82) is 0 Å². The Morgan fingerprint density at radius 2 is 1.49 bits per heavy atom. The van der Waals surface area contributed by atoms with E-state index >= 15 is 0 Å². The minimum atomic E-state index is -1.04. The van der Waals surface area contributed by atoms with Crippen LogP contribution in [0.25, 0.3) is 0 Å². The van der Waals surface area contributed by atoms with Crippen molar-refractivity contribution in [3.8, 4) is 5.75 Å². The summed E-state index contributed by atoms with van der Waals surface area (Å²) in [7, 11) is 0. The molecule has 0 spiro atoms. The number of aromatic hydroxyl groups is 1. The second-order valence-electron chi connectivity index (χ2n) is 10.4. The zero-order valence-corrected chi connectivity index (χ0v) is 21.9. The van der Waals surface area contributed by atoms with Gasteiger partial charge in [0.2, 0.25) is 17.7 Å². The molecule has 1 unspecified atom stereocenters. The van der Waals surface area contributed by atoms with Crippen LogP contribution in [0.3, 0.4) is 0 Å². The summed E-state index contributed by atoms with van der Waals surface area (Å²) in [4.78, 5) is 54.7. The number of carbonyl (C=O) groups is 4. The molecular weight excluding hydrogens is 500 g/mol. The summed E-state index contributed by atoms with van der Waals surface area (Å²) in [5, 5.41) is 22.0. The van der Waals surface area contributed by atoms with Gasteiger partial charge in [-0.2, -0.15) is 0 Å². The highest BCUT2D eigenvalue weighted by molar-refractivity contribution is 5.94. The van der Waals surface area contributed by atoms with Crippen molar-refractivity contribution in [1.82, 2.24) is 15.1 Å². The van der Waals surface area contributed by atoms with Crippen molar-refractivity contribution >= 4 is 23.7 Å². The lowest BCUT2D eigenvalue weighted by molar-refractivity contribution is -0.152. The molecule has 4 rings (SSSR count). The monoisotopic (exact) mass is 536 g/mol. The van der Waals surface area contributed by atoms with Gasteiger partial charge in [0.1, 0.15) is 23.9 Å². The van der Waals surface area contributed by atoms with Crippen molar-refractivity contribution < 1.29 is 29.4 Å². The largest absolute Gasteiger partial charge is 0.508 e. The zero-order chi connectivity index (χ0) is 27.9. The number of phenolic OH excluding ortho intramolecular Hbond substituents is 1. The number of rotatable bonds is 10. The molecule has 0 bridgehead atoms. The fourth-order valence-corrected chi connectivity index (χ4v) is 5.51.